The highest BCUT2D eigenvalue weighted by atomic mass is 16.5. The first-order chi connectivity index (χ1) is 9.78. The summed E-state index contributed by atoms with van der Waals surface area (Å²) in [5.41, 5.74) is 13.1. The highest BCUT2D eigenvalue weighted by molar-refractivity contribution is 5.74. The highest BCUT2D eigenvalue weighted by Gasteiger charge is 2.25. The third-order valence-electron chi connectivity index (χ3n) is 3.48. The van der Waals surface area contributed by atoms with Gasteiger partial charge in [0, 0.05) is 16.9 Å². The summed E-state index contributed by atoms with van der Waals surface area (Å²) >= 11 is 0. The van der Waals surface area contributed by atoms with E-state index in [-0.39, 0.29) is 6.10 Å². The lowest BCUT2D eigenvalue weighted by atomic mass is 9.98. The van der Waals surface area contributed by atoms with E-state index in [1.54, 1.807) is 0 Å². The van der Waals surface area contributed by atoms with Crippen molar-refractivity contribution in [2.24, 2.45) is 5.11 Å². The van der Waals surface area contributed by atoms with Crippen LogP contribution < -0.4 is 4.74 Å². The Morgan fingerprint density at radius 3 is 2.85 bits per heavy atom. The predicted molar refractivity (Wildman–Crippen MR) is 78.7 cm³/mol. The second kappa shape index (κ2) is 5.27. The molecule has 2 aromatic carbocycles. The Bertz CT molecular complexity index is 676. The van der Waals surface area contributed by atoms with Crippen LogP contribution in [-0.4, -0.2) is 12.6 Å². The second-order valence-electron chi connectivity index (χ2n) is 5.02. The number of aryl methyl sites for hydroxylation is 1. The van der Waals surface area contributed by atoms with Crippen LogP contribution in [0.2, 0.25) is 0 Å². The van der Waals surface area contributed by atoms with Gasteiger partial charge in [0.15, 0.2) is 0 Å². The Morgan fingerprint density at radius 1 is 1.30 bits per heavy atom. The van der Waals surface area contributed by atoms with Crippen molar-refractivity contribution in [1.82, 2.24) is 0 Å². The quantitative estimate of drug-likeness (QED) is 0.464. The Balaban J connectivity index is 2.01. The first-order valence-corrected chi connectivity index (χ1v) is 6.64. The van der Waals surface area contributed by atoms with Crippen LogP contribution in [0.1, 0.15) is 11.1 Å². The fourth-order valence-corrected chi connectivity index (χ4v) is 2.65. The van der Waals surface area contributed by atoms with E-state index in [1.165, 1.54) is 11.1 Å². The molecule has 1 aliphatic heterocycles. The first kappa shape index (κ1) is 12.6. The largest absolute Gasteiger partial charge is 0.489 e. The molecule has 0 saturated carbocycles. The molecule has 2 aromatic rings. The van der Waals surface area contributed by atoms with Crippen LogP contribution in [0, 0.1) is 6.92 Å². The number of hydrogen-bond donors (Lipinski definition) is 0. The van der Waals surface area contributed by atoms with Crippen LogP contribution in [0.4, 0.5) is 0 Å². The van der Waals surface area contributed by atoms with Crippen molar-refractivity contribution in [1.29, 1.82) is 0 Å². The smallest absolute Gasteiger partial charge is 0.130 e. The Hall–Kier alpha value is -2.45. The third kappa shape index (κ3) is 2.33. The average Bonchev–Trinajstić information content (AvgIpc) is 2.87. The molecule has 0 aliphatic carbocycles. The van der Waals surface area contributed by atoms with Gasteiger partial charge in [-0.05, 0) is 35.2 Å². The second-order valence-corrected chi connectivity index (χ2v) is 5.02. The number of fused-ring (bicyclic) bond motifs is 1. The first-order valence-electron chi connectivity index (χ1n) is 6.64. The lowest BCUT2D eigenvalue weighted by Crippen LogP contribution is -2.16. The molecule has 4 nitrogen and oxygen atoms in total. The van der Waals surface area contributed by atoms with Gasteiger partial charge in [-0.2, -0.15) is 0 Å². The summed E-state index contributed by atoms with van der Waals surface area (Å²) in [6, 6.07) is 14.5. The van der Waals surface area contributed by atoms with Gasteiger partial charge in [0.1, 0.15) is 11.9 Å². The van der Waals surface area contributed by atoms with Gasteiger partial charge >= 0.3 is 0 Å². The van der Waals surface area contributed by atoms with Crippen molar-refractivity contribution in [2.75, 3.05) is 6.54 Å². The van der Waals surface area contributed by atoms with Crippen molar-refractivity contribution in [3.63, 3.8) is 0 Å². The SMILES string of the molecule is Cc1cc2c(c(-c3ccccc3)c1)OC(CN=[N+]=[N-])C2. The molecule has 1 heterocycles. The molecular formula is C16H15N3O. The molecule has 1 unspecified atom stereocenters. The Morgan fingerprint density at radius 2 is 2.10 bits per heavy atom. The van der Waals surface area contributed by atoms with Gasteiger partial charge in [-0.15, -0.1) is 0 Å². The summed E-state index contributed by atoms with van der Waals surface area (Å²) in [5, 5.41) is 3.62. The van der Waals surface area contributed by atoms with Crippen molar-refractivity contribution in [3.05, 3.63) is 64.0 Å². The standard InChI is InChI=1S/C16H15N3O/c1-11-7-13-9-14(10-18-19-17)20-16(13)15(8-11)12-5-3-2-4-6-12/h2-8,14H,9-10H2,1H3. The molecule has 0 bridgehead atoms. The zero-order valence-corrected chi connectivity index (χ0v) is 11.3. The van der Waals surface area contributed by atoms with E-state index in [4.69, 9.17) is 10.3 Å². The van der Waals surface area contributed by atoms with Gasteiger partial charge in [0.2, 0.25) is 0 Å². The van der Waals surface area contributed by atoms with E-state index in [2.05, 4.69) is 41.2 Å². The maximum absolute atomic E-state index is 8.42. The molecular weight excluding hydrogens is 250 g/mol. The Kier molecular flexibility index (Phi) is 3.32. The van der Waals surface area contributed by atoms with Gasteiger partial charge < -0.3 is 4.74 Å². The lowest BCUT2D eigenvalue weighted by Gasteiger charge is -2.11. The van der Waals surface area contributed by atoms with Gasteiger partial charge in [0.05, 0.1) is 6.54 Å². The molecule has 3 rings (SSSR count). The van der Waals surface area contributed by atoms with Crippen LogP contribution in [-0.2, 0) is 6.42 Å². The lowest BCUT2D eigenvalue weighted by molar-refractivity contribution is 0.242. The normalized spacial score (nSPS) is 16.1. The van der Waals surface area contributed by atoms with Gasteiger partial charge in [0.25, 0.3) is 0 Å². The van der Waals surface area contributed by atoms with Crippen LogP contribution >= 0.6 is 0 Å². The summed E-state index contributed by atoms with van der Waals surface area (Å²) in [5.74, 6) is 0.930. The predicted octanol–water partition coefficient (Wildman–Crippen LogP) is 4.28. The fourth-order valence-electron chi connectivity index (χ4n) is 2.65. The summed E-state index contributed by atoms with van der Waals surface area (Å²) in [4.78, 5) is 2.81. The number of hydrogen-bond acceptors (Lipinski definition) is 2. The zero-order valence-electron chi connectivity index (χ0n) is 11.3. The molecule has 0 fully saturated rings. The van der Waals surface area contributed by atoms with E-state index in [1.807, 2.05) is 18.2 Å². The third-order valence-corrected chi connectivity index (χ3v) is 3.48. The molecule has 0 amide bonds. The van der Waals surface area contributed by atoms with Gasteiger partial charge in [-0.25, -0.2) is 0 Å². The summed E-state index contributed by atoms with van der Waals surface area (Å²) in [6.45, 7) is 2.46. The zero-order chi connectivity index (χ0) is 13.9. The Labute approximate surface area is 117 Å². The van der Waals surface area contributed by atoms with Crippen LogP contribution in [0.3, 0.4) is 0 Å². The van der Waals surface area contributed by atoms with Crippen molar-refractivity contribution in [3.8, 4) is 16.9 Å². The minimum atomic E-state index is -0.0508. The van der Waals surface area contributed by atoms with Gasteiger partial charge in [-0.1, -0.05) is 41.5 Å². The molecule has 20 heavy (non-hydrogen) atoms. The fraction of sp³-hybridized carbons (Fsp3) is 0.250. The number of rotatable bonds is 3. The molecule has 0 radical (unpaired) electrons. The summed E-state index contributed by atoms with van der Waals surface area (Å²) < 4.78 is 5.98. The van der Waals surface area contributed by atoms with Crippen LogP contribution in [0.25, 0.3) is 21.6 Å². The number of benzene rings is 2. The maximum Gasteiger partial charge on any atom is 0.130 e. The molecule has 1 aliphatic rings. The molecule has 4 heteroatoms. The van der Waals surface area contributed by atoms with Crippen molar-refractivity contribution >= 4 is 0 Å². The summed E-state index contributed by atoms with van der Waals surface area (Å²) in [7, 11) is 0. The van der Waals surface area contributed by atoms with Crippen molar-refractivity contribution in [2.45, 2.75) is 19.4 Å². The molecule has 0 spiro atoms. The average molecular weight is 265 g/mol. The molecule has 100 valence electrons. The monoisotopic (exact) mass is 265 g/mol. The molecule has 1 atom stereocenters. The summed E-state index contributed by atoms with van der Waals surface area (Å²) in [6.07, 6.45) is 0.751. The molecule has 0 aromatic heterocycles. The van der Waals surface area contributed by atoms with E-state index < -0.39 is 0 Å². The van der Waals surface area contributed by atoms with E-state index in [9.17, 15) is 0 Å². The van der Waals surface area contributed by atoms with Crippen LogP contribution in [0.5, 0.6) is 5.75 Å². The minimum Gasteiger partial charge on any atom is -0.489 e. The molecule has 0 saturated heterocycles. The maximum atomic E-state index is 8.42. The van der Waals surface area contributed by atoms with Crippen molar-refractivity contribution < 1.29 is 4.74 Å². The van der Waals surface area contributed by atoms with Gasteiger partial charge in [-0.3, -0.25) is 0 Å². The number of nitrogens with zero attached hydrogens (tertiary/aromatic N) is 3. The van der Waals surface area contributed by atoms with E-state index >= 15 is 0 Å². The number of azide groups is 1. The minimum absolute atomic E-state index is 0.0508. The topological polar surface area (TPSA) is 58.0 Å². The van der Waals surface area contributed by atoms with E-state index in [0.717, 1.165) is 23.3 Å². The number of ether oxygens (including phenoxy) is 1. The van der Waals surface area contributed by atoms with E-state index in [0.29, 0.717) is 6.54 Å². The molecule has 0 N–H and O–H groups in total. The highest BCUT2D eigenvalue weighted by Crippen LogP contribution is 2.39. The van der Waals surface area contributed by atoms with Crippen LogP contribution in [0.15, 0.2) is 47.6 Å².